The zero-order chi connectivity index (χ0) is 15.8. The molecule has 0 unspecified atom stereocenters. The summed E-state index contributed by atoms with van der Waals surface area (Å²) in [6.45, 7) is 6.23. The Morgan fingerprint density at radius 1 is 1.29 bits per heavy atom. The predicted molar refractivity (Wildman–Crippen MR) is 79.7 cm³/mol. The number of nitrogens with one attached hydrogen (secondary N) is 3. The highest BCUT2D eigenvalue weighted by Crippen LogP contribution is 2.05. The van der Waals surface area contributed by atoms with Crippen molar-refractivity contribution >= 4 is 11.9 Å². The second kappa shape index (κ2) is 8.26. The molecule has 1 atom stereocenters. The second-order valence-corrected chi connectivity index (χ2v) is 5.47. The van der Waals surface area contributed by atoms with E-state index in [4.69, 9.17) is 5.21 Å². The van der Waals surface area contributed by atoms with Gasteiger partial charge in [0.15, 0.2) is 0 Å². The molecule has 0 radical (unpaired) electrons. The summed E-state index contributed by atoms with van der Waals surface area (Å²) in [5.74, 6) is -0.404. The lowest BCUT2D eigenvalue weighted by Crippen LogP contribution is -2.49. The van der Waals surface area contributed by atoms with Crippen molar-refractivity contribution in [1.29, 1.82) is 0 Å². The zero-order valence-corrected chi connectivity index (χ0v) is 12.6. The molecule has 1 aromatic carbocycles. The van der Waals surface area contributed by atoms with Gasteiger partial charge in [-0.2, -0.15) is 0 Å². The fourth-order valence-electron chi connectivity index (χ4n) is 1.99. The molecule has 116 valence electrons. The maximum absolute atomic E-state index is 11.8. The molecule has 21 heavy (non-hydrogen) atoms. The predicted octanol–water partition coefficient (Wildman–Crippen LogP) is 1.71. The first-order chi connectivity index (χ1) is 9.92. The summed E-state index contributed by atoms with van der Waals surface area (Å²) in [5, 5.41) is 14.0. The molecule has 0 aliphatic carbocycles. The Hall–Kier alpha value is -2.08. The minimum atomic E-state index is -0.757. The van der Waals surface area contributed by atoms with Gasteiger partial charge in [0.1, 0.15) is 6.04 Å². The van der Waals surface area contributed by atoms with E-state index in [0.29, 0.717) is 13.0 Å². The SMILES string of the molecule is Cc1cccc(CNC(=O)N[C@@H](CC(C)C)C(=O)NO)c1. The maximum Gasteiger partial charge on any atom is 0.315 e. The third kappa shape index (κ3) is 6.27. The van der Waals surface area contributed by atoms with Gasteiger partial charge in [0.05, 0.1) is 0 Å². The first kappa shape index (κ1) is 17.0. The van der Waals surface area contributed by atoms with E-state index >= 15 is 0 Å². The molecular formula is C15H23N3O3. The van der Waals surface area contributed by atoms with E-state index in [0.717, 1.165) is 11.1 Å². The molecule has 0 spiro atoms. The number of hydrogen-bond donors (Lipinski definition) is 4. The van der Waals surface area contributed by atoms with Crippen molar-refractivity contribution in [1.82, 2.24) is 16.1 Å². The average Bonchev–Trinajstić information content (AvgIpc) is 2.43. The van der Waals surface area contributed by atoms with Gasteiger partial charge in [0.2, 0.25) is 0 Å². The molecular weight excluding hydrogens is 270 g/mol. The highest BCUT2D eigenvalue weighted by molar-refractivity contribution is 5.86. The van der Waals surface area contributed by atoms with Crippen LogP contribution in [0.4, 0.5) is 4.79 Å². The highest BCUT2D eigenvalue weighted by atomic mass is 16.5. The van der Waals surface area contributed by atoms with E-state index in [1.165, 1.54) is 0 Å². The van der Waals surface area contributed by atoms with Gasteiger partial charge in [0, 0.05) is 6.54 Å². The lowest BCUT2D eigenvalue weighted by atomic mass is 10.0. The highest BCUT2D eigenvalue weighted by Gasteiger charge is 2.21. The first-order valence-corrected chi connectivity index (χ1v) is 6.96. The number of rotatable bonds is 6. The van der Waals surface area contributed by atoms with Crippen molar-refractivity contribution in [2.45, 2.75) is 39.8 Å². The van der Waals surface area contributed by atoms with Crippen LogP contribution in [0.1, 0.15) is 31.4 Å². The Balaban J connectivity index is 2.51. The Morgan fingerprint density at radius 2 is 2.00 bits per heavy atom. The lowest BCUT2D eigenvalue weighted by molar-refractivity contribution is -0.131. The molecule has 4 N–H and O–H groups in total. The van der Waals surface area contributed by atoms with Gasteiger partial charge < -0.3 is 10.6 Å². The Labute approximate surface area is 124 Å². The Bertz CT molecular complexity index is 489. The fourth-order valence-corrected chi connectivity index (χ4v) is 1.99. The third-order valence-corrected chi connectivity index (χ3v) is 2.97. The summed E-state index contributed by atoms with van der Waals surface area (Å²) in [4.78, 5) is 23.3. The molecule has 1 aromatic rings. The van der Waals surface area contributed by atoms with Crippen LogP contribution in [0.5, 0.6) is 0 Å². The molecule has 6 nitrogen and oxygen atoms in total. The molecule has 1 rings (SSSR count). The summed E-state index contributed by atoms with van der Waals surface area (Å²) >= 11 is 0. The summed E-state index contributed by atoms with van der Waals surface area (Å²) in [6, 6.07) is 6.60. The van der Waals surface area contributed by atoms with Gasteiger partial charge in [-0.1, -0.05) is 43.7 Å². The maximum atomic E-state index is 11.8. The summed E-state index contributed by atoms with van der Waals surface area (Å²) < 4.78 is 0. The van der Waals surface area contributed by atoms with Crippen LogP contribution in [0.2, 0.25) is 0 Å². The van der Waals surface area contributed by atoms with Crippen molar-refractivity contribution in [2.75, 3.05) is 0 Å². The van der Waals surface area contributed by atoms with Crippen molar-refractivity contribution in [3.63, 3.8) is 0 Å². The number of hydrogen-bond acceptors (Lipinski definition) is 3. The summed E-state index contributed by atoms with van der Waals surface area (Å²) in [5.41, 5.74) is 3.68. The minimum Gasteiger partial charge on any atom is -0.334 e. The molecule has 0 aliphatic rings. The Kier molecular flexibility index (Phi) is 6.68. The smallest absolute Gasteiger partial charge is 0.315 e. The number of aryl methyl sites for hydroxylation is 1. The standard InChI is InChI=1S/C15H23N3O3/c1-10(2)7-13(14(19)18-21)17-15(20)16-9-12-6-4-5-11(3)8-12/h4-6,8,10,13,21H,7,9H2,1-3H3,(H,18,19)(H2,16,17,20)/t13-/m0/s1. The van der Waals surface area contributed by atoms with Crippen LogP contribution in [0.25, 0.3) is 0 Å². The van der Waals surface area contributed by atoms with Crippen LogP contribution >= 0.6 is 0 Å². The monoisotopic (exact) mass is 293 g/mol. The van der Waals surface area contributed by atoms with Crippen LogP contribution in [-0.2, 0) is 11.3 Å². The molecule has 6 heteroatoms. The number of urea groups is 1. The number of carbonyl (C=O) groups excluding carboxylic acids is 2. The topological polar surface area (TPSA) is 90.5 Å². The average molecular weight is 293 g/mol. The van der Waals surface area contributed by atoms with E-state index in [1.54, 1.807) is 5.48 Å². The van der Waals surface area contributed by atoms with E-state index in [1.807, 2.05) is 45.0 Å². The quantitative estimate of drug-likeness (QED) is 0.475. The molecule has 0 bridgehead atoms. The number of hydroxylamine groups is 1. The van der Waals surface area contributed by atoms with Crippen LogP contribution in [0.15, 0.2) is 24.3 Å². The van der Waals surface area contributed by atoms with E-state index in [9.17, 15) is 9.59 Å². The summed E-state index contributed by atoms with van der Waals surface area (Å²) in [6.07, 6.45) is 0.449. The number of amides is 3. The molecule has 3 amide bonds. The normalized spacial score (nSPS) is 11.9. The van der Waals surface area contributed by atoms with E-state index in [-0.39, 0.29) is 5.92 Å². The van der Waals surface area contributed by atoms with Crippen molar-refractivity contribution < 1.29 is 14.8 Å². The second-order valence-electron chi connectivity index (χ2n) is 5.47. The lowest BCUT2D eigenvalue weighted by Gasteiger charge is -2.19. The van der Waals surface area contributed by atoms with Gasteiger partial charge in [-0.05, 0) is 24.8 Å². The van der Waals surface area contributed by atoms with Crippen molar-refractivity contribution in [3.05, 3.63) is 35.4 Å². The van der Waals surface area contributed by atoms with Gasteiger partial charge in [0.25, 0.3) is 5.91 Å². The van der Waals surface area contributed by atoms with Gasteiger partial charge in [-0.3, -0.25) is 10.0 Å². The molecule has 0 aliphatic heterocycles. The van der Waals surface area contributed by atoms with Crippen molar-refractivity contribution in [2.24, 2.45) is 5.92 Å². The van der Waals surface area contributed by atoms with Crippen LogP contribution < -0.4 is 16.1 Å². The van der Waals surface area contributed by atoms with Gasteiger partial charge in [-0.25, -0.2) is 10.3 Å². The van der Waals surface area contributed by atoms with E-state index in [2.05, 4.69) is 10.6 Å². The number of carbonyl (C=O) groups is 2. The minimum absolute atomic E-state index is 0.212. The fraction of sp³-hybridized carbons (Fsp3) is 0.467. The molecule has 0 aromatic heterocycles. The first-order valence-electron chi connectivity index (χ1n) is 6.96. The van der Waals surface area contributed by atoms with E-state index < -0.39 is 18.0 Å². The van der Waals surface area contributed by atoms with Crippen LogP contribution in [0, 0.1) is 12.8 Å². The van der Waals surface area contributed by atoms with Gasteiger partial charge >= 0.3 is 6.03 Å². The van der Waals surface area contributed by atoms with Crippen molar-refractivity contribution in [3.8, 4) is 0 Å². The third-order valence-electron chi connectivity index (χ3n) is 2.97. The molecule has 0 saturated heterocycles. The van der Waals surface area contributed by atoms with Gasteiger partial charge in [-0.15, -0.1) is 0 Å². The number of benzene rings is 1. The van der Waals surface area contributed by atoms with Crippen LogP contribution in [-0.4, -0.2) is 23.2 Å². The Morgan fingerprint density at radius 3 is 2.57 bits per heavy atom. The zero-order valence-electron chi connectivity index (χ0n) is 12.6. The molecule has 0 heterocycles. The molecule has 0 saturated carbocycles. The summed E-state index contributed by atoms with van der Waals surface area (Å²) in [7, 11) is 0. The molecule has 0 fully saturated rings. The largest absolute Gasteiger partial charge is 0.334 e. The van der Waals surface area contributed by atoms with Crippen LogP contribution in [0.3, 0.4) is 0 Å².